The van der Waals surface area contributed by atoms with Crippen molar-refractivity contribution in [3.8, 4) is 0 Å². The van der Waals surface area contributed by atoms with Gasteiger partial charge in [0.15, 0.2) is 0 Å². The summed E-state index contributed by atoms with van der Waals surface area (Å²) < 4.78 is 54.1. The number of benzene rings is 1. The number of aromatic nitrogens is 3. The number of ether oxygens (including phenoxy) is 2. The van der Waals surface area contributed by atoms with Crippen LogP contribution in [0, 0.1) is 11.8 Å². The predicted molar refractivity (Wildman–Crippen MR) is 293 cm³/mol. The molecule has 6 amide bonds. The van der Waals surface area contributed by atoms with Crippen LogP contribution in [0.4, 0.5) is 19.0 Å². The second-order valence-corrected chi connectivity index (χ2v) is 23.6. The zero-order chi connectivity index (χ0) is 57.1. The number of alkyl halides is 3. The molecule has 22 heteroatoms. The molecule has 2 aliphatic heterocycles. The van der Waals surface area contributed by atoms with Gasteiger partial charge in [-0.25, -0.2) is 9.97 Å². The second-order valence-electron chi connectivity index (χ2n) is 23.6. The lowest BCUT2D eigenvalue weighted by molar-refractivity contribution is -0.137. The fraction of sp³-hybridized carbons (Fsp3) is 0.672. The van der Waals surface area contributed by atoms with E-state index in [0.717, 1.165) is 49.8 Å². The van der Waals surface area contributed by atoms with Crippen molar-refractivity contribution in [2.45, 2.75) is 197 Å². The molecule has 438 valence electrons. The average molecular weight is 1120 g/mol. The number of nitrogens with zero attached hydrogens (tertiary/aromatic N) is 5. The van der Waals surface area contributed by atoms with E-state index in [0.29, 0.717) is 115 Å². The van der Waals surface area contributed by atoms with E-state index in [-0.39, 0.29) is 107 Å². The molecule has 0 spiro atoms. The molecule has 0 radical (unpaired) electrons. The van der Waals surface area contributed by atoms with Crippen LogP contribution >= 0.6 is 0 Å². The minimum absolute atomic E-state index is 0.00674. The minimum Gasteiger partial charge on any atom is -0.378 e. The third-order valence-corrected chi connectivity index (χ3v) is 16.4. The lowest BCUT2D eigenvalue weighted by atomic mass is 9.84. The van der Waals surface area contributed by atoms with E-state index in [2.05, 4.69) is 67.6 Å². The quantitative estimate of drug-likeness (QED) is 0.0629. The van der Waals surface area contributed by atoms with E-state index >= 15 is 0 Å². The lowest BCUT2D eigenvalue weighted by Crippen LogP contribution is -2.59. The molecule has 6 N–H and O–H groups in total. The number of halogens is 3. The van der Waals surface area contributed by atoms with Crippen LogP contribution in [0.3, 0.4) is 0 Å². The maximum atomic E-state index is 14.1. The highest BCUT2D eigenvalue weighted by Crippen LogP contribution is 2.38. The average Bonchev–Trinajstić information content (AvgIpc) is 3.95. The monoisotopic (exact) mass is 1120 g/mol. The Kier molecular flexibility index (Phi) is 20.4. The summed E-state index contributed by atoms with van der Waals surface area (Å²) in [6.45, 7) is 9.72. The van der Waals surface area contributed by atoms with Gasteiger partial charge in [-0.1, -0.05) is 6.07 Å². The van der Waals surface area contributed by atoms with Crippen molar-refractivity contribution in [1.82, 2.24) is 51.3 Å². The highest BCUT2D eigenvalue weighted by atomic mass is 19.4. The number of pyridine rings is 1. The molecule has 8 rings (SSSR count). The number of amides is 6. The molecule has 2 aromatic heterocycles. The van der Waals surface area contributed by atoms with Crippen LogP contribution in [0.5, 0.6) is 0 Å². The van der Waals surface area contributed by atoms with Gasteiger partial charge in [0.05, 0.1) is 53.9 Å². The molecule has 3 saturated carbocycles. The molecule has 1 aromatic carbocycles. The standard InChI is InChI=1S/C58H82F3N11O8/c1-35(73)65-47-32-40(70-57(2,3)4)17-23-48(47)72-28-24-46(56(72)78)68-53-43-31-38(58(59,60)61)14-22-45(43)67-49(69-53)10-7-26-63-54(76)36-12-15-39(16-13-36)66-50(74)11-8-29-79-41-18-20-42(21-19-41)80-30-27-64-55(77)44-33-51(75)71(5)52(44)37-9-6-25-62-34-37/h6,9,14,22,25,31,34,36,39-42,44,46-48,52,70H,7-8,10-13,15-21,23-24,26-30,32-33H2,1-5H3,(H,63,76)(H,64,77)(H,65,73)(H,66,74)(H,67,68,69)/t36-,39-,40-,41-,42-,44+,46+,47-,48+,52-/m1/s1. The van der Waals surface area contributed by atoms with Crippen molar-refractivity contribution < 1.29 is 51.4 Å². The van der Waals surface area contributed by atoms with Crippen LogP contribution < -0.4 is 31.9 Å². The summed E-state index contributed by atoms with van der Waals surface area (Å²) in [5, 5.41) is 19.2. The number of likely N-dealkylation sites (tertiary alicyclic amines) is 2. The van der Waals surface area contributed by atoms with E-state index in [1.165, 1.54) is 13.0 Å². The molecule has 3 aliphatic carbocycles. The fourth-order valence-corrected chi connectivity index (χ4v) is 12.5. The summed E-state index contributed by atoms with van der Waals surface area (Å²) >= 11 is 0. The van der Waals surface area contributed by atoms with E-state index < -0.39 is 23.7 Å². The first-order valence-corrected chi connectivity index (χ1v) is 28.9. The number of anilines is 1. The van der Waals surface area contributed by atoms with Gasteiger partial charge in [-0.15, -0.1) is 0 Å². The van der Waals surface area contributed by atoms with Crippen molar-refractivity contribution in [2.24, 2.45) is 11.8 Å². The van der Waals surface area contributed by atoms with Gasteiger partial charge in [0.1, 0.15) is 17.7 Å². The molecule has 80 heavy (non-hydrogen) atoms. The largest absolute Gasteiger partial charge is 0.416 e. The highest BCUT2D eigenvalue weighted by molar-refractivity contribution is 5.94. The van der Waals surface area contributed by atoms with Gasteiger partial charge in [0, 0.05) is 101 Å². The van der Waals surface area contributed by atoms with Crippen molar-refractivity contribution in [2.75, 3.05) is 45.2 Å². The van der Waals surface area contributed by atoms with Gasteiger partial charge < -0.3 is 51.2 Å². The number of hydrogen-bond donors (Lipinski definition) is 6. The molecule has 5 aliphatic rings. The van der Waals surface area contributed by atoms with Gasteiger partial charge in [-0.05, 0) is 140 Å². The smallest absolute Gasteiger partial charge is 0.378 e. The molecule has 2 saturated heterocycles. The van der Waals surface area contributed by atoms with Crippen LogP contribution in [-0.4, -0.2) is 148 Å². The molecule has 3 aromatic rings. The summed E-state index contributed by atoms with van der Waals surface area (Å²) in [6, 6.07) is 5.55. The van der Waals surface area contributed by atoms with Gasteiger partial charge in [0.25, 0.3) is 0 Å². The molecule has 6 atom stereocenters. The molecule has 0 unspecified atom stereocenters. The molecular formula is C58H82F3N11O8. The zero-order valence-corrected chi connectivity index (χ0v) is 47.0. The van der Waals surface area contributed by atoms with Crippen LogP contribution in [0.15, 0.2) is 42.7 Å². The SMILES string of the molecule is CC(=O)N[C@@H]1C[C@H](NC(C)(C)C)CC[C@@H]1N1CC[C@H](Nc2nc(CCCNC(=O)[C@H]3CC[C@H](NC(=O)CCCO[C@H]4CC[C@H](OCCNC(=O)[C@H]5CC(=O)N(C)[C@@H]5c5cccnc5)CC4)CC3)nc3ccc(C(F)(F)F)cc23)C1=O. The number of hydrogen-bond acceptors (Lipinski definition) is 13. The second kappa shape index (κ2) is 27.2. The molecule has 19 nitrogen and oxygen atoms in total. The summed E-state index contributed by atoms with van der Waals surface area (Å²) in [5.74, 6) is -0.885. The number of nitrogens with one attached hydrogen (secondary N) is 6. The Morgan fingerprint density at radius 2 is 1.51 bits per heavy atom. The van der Waals surface area contributed by atoms with Gasteiger partial charge >= 0.3 is 6.18 Å². The summed E-state index contributed by atoms with van der Waals surface area (Å²) in [6.07, 6.45) is 9.44. The van der Waals surface area contributed by atoms with E-state index in [1.807, 2.05) is 6.07 Å². The fourth-order valence-electron chi connectivity index (χ4n) is 12.5. The third kappa shape index (κ3) is 16.3. The normalized spacial score (nSPS) is 26.6. The van der Waals surface area contributed by atoms with Crippen molar-refractivity contribution in [1.29, 1.82) is 0 Å². The first-order chi connectivity index (χ1) is 38.2. The Morgan fingerprint density at radius 1 is 0.800 bits per heavy atom. The topological polar surface area (TPSA) is 238 Å². The number of rotatable bonds is 22. The first-order valence-electron chi connectivity index (χ1n) is 28.9. The lowest BCUT2D eigenvalue weighted by Gasteiger charge is -2.43. The Hall–Kier alpha value is -6.00. The van der Waals surface area contributed by atoms with E-state index in [4.69, 9.17) is 9.47 Å². The van der Waals surface area contributed by atoms with Crippen LogP contribution in [0.25, 0.3) is 10.9 Å². The maximum absolute atomic E-state index is 14.1. The van der Waals surface area contributed by atoms with Gasteiger partial charge in [0.2, 0.25) is 35.4 Å². The highest BCUT2D eigenvalue weighted by Gasteiger charge is 2.44. The van der Waals surface area contributed by atoms with Gasteiger partial charge in [-0.2, -0.15) is 13.2 Å². The van der Waals surface area contributed by atoms with Crippen LogP contribution in [0.1, 0.15) is 153 Å². The van der Waals surface area contributed by atoms with Crippen molar-refractivity contribution in [3.63, 3.8) is 0 Å². The number of fused-ring (bicyclic) bond motifs is 1. The summed E-state index contributed by atoms with van der Waals surface area (Å²) in [5.41, 5.74) is 0.155. The third-order valence-electron chi connectivity index (χ3n) is 16.4. The van der Waals surface area contributed by atoms with Crippen LogP contribution in [-0.2, 0) is 50.8 Å². The Morgan fingerprint density at radius 3 is 2.20 bits per heavy atom. The zero-order valence-electron chi connectivity index (χ0n) is 47.0. The Labute approximate surface area is 467 Å². The summed E-state index contributed by atoms with van der Waals surface area (Å²) in [4.78, 5) is 94.9. The Balaban J connectivity index is 0.708. The van der Waals surface area contributed by atoms with Crippen LogP contribution in [0.2, 0.25) is 0 Å². The predicted octanol–water partition coefficient (Wildman–Crippen LogP) is 6.05. The summed E-state index contributed by atoms with van der Waals surface area (Å²) in [7, 11) is 1.72. The molecule has 0 bridgehead atoms. The van der Waals surface area contributed by atoms with Crippen molar-refractivity contribution >= 4 is 52.2 Å². The Bertz CT molecular complexity index is 2630. The van der Waals surface area contributed by atoms with E-state index in [1.54, 1.807) is 35.3 Å². The molecule has 5 fully saturated rings. The first kappa shape index (κ1) is 60.1. The maximum Gasteiger partial charge on any atom is 0.416 e. The van der Waals surface area contributed by atoms with Crippen molar-refractivity contribution in [3.05, 3.63) is 59.7 Å². The number of carbonyl (C=O) groups is 6. The number of aryl methyl sites for hydroxylation is 1. The minimum atomic E-state index is -4.61. The van der Waals surface area contributed by atoms with Gasteiger partial charge in [-0.3, -0.25) is 33.8 Å². The number of carbonyl (C=O) groups excluding carboxylic acids is 6. The molecular weight excluding hydrogens is 1040 g/mol. The molecule has 4 heterocycles. The van der Waals surface area contributed by atoms with E-state index in [9.17, 15) is 41.9 Å².